The van der Waals surface area contributed by atoms with Crippen LogP contribution in [0.15, 0.2) is 5.16 Å². The van der Waals surface area contributed by atoms with Crippen molar-refractivity contribution in [3.8, 4) is 0 Å². The molecule has 102 valence electrons. The first-order valence-electron chi connectivity index (χ1n) is 5.13. The minimum atomic E-state index is -4.60. The third kappa shape index (κ3) is 7.01. The normalized spacial score (nSPS) is 14.9. The van der Waals surface area contributed by atoms with Crippen LogP contribution in [-0.4, -0.2) is 43.6 Å². The van der Waals surface area contributed by atoms with Gasteiger partial charge in [-0.15, -0.1) is 0 Å². The molecule has 0 aromatic heterocycles. The number of ether oxygens (including phenoxy) is 2. The van der Waals surface area contributed by atoms with Crippen molar-refractivity contribution in [1.82, 2.24) is 0 Å². The molecular formula is C9H17F3N2O3. The van der Waals surface area contributed by atoms with E-state index in [2.05, 4.69) is 5.16 Å². The first-order valence-corrected chi connectivity index (χ1v) is 5.13. The molecule has 0 aliphatic heterocycles. The van der Waals surface area contributed by atoms with Crippen molar-refractivity contribution in [1.29, 1.82) is 0 Å². The molecule has 5 nitrogen and oxygen atoms in total. The standard InChI is InChI=1S/C9H17F3N2O3/c1-2-3-16-4-5-17-6-7(8(13)14-15)9(10,11)12/h7,15H,2-6H2,1H3,(H2,13,14). The van der Waals surface area contributed by atoms with Gasteiger partial charge in [-0.3, -0.25) is 0 Å². The highest BCUT2D eigenvalue weighted by atomic mass is 19.4. The fourth-order valence-electron chi connectivity index (χ4n) is 0.983. The van der Waals surface area contributed by atoms with Gasteiger partial charge in [0.15, 0.2) is 5.84 Å². The lowest BCUT2D eigenvalue weighted by atomic mass is 10.1. The summed E-state index contributed by atoms with van der Waals surface area (Å²) in [7, 11) is 0. The van der Waals surface area contributed by atoms with E-state index in [0.717, 1.165) is 6.42 Å². The van der Waals surface area contributed by atoms with E-state index in [-0.39, 0.29) is 13.2 Å². The first kappa shape index (κ1) is 16.0. The quantitative estimate of drug-likeness (QED) is 0.226. The molecule has 0 spiro atoms. The van der Waals surface area contributed by atoms with Gasteiger partial charge in [-0.05, 0) is 6.42 Å². The van der Waals surface area contributed by atoms with Gasteiger partial charge in [0.25, 0.3) is 0 Å². The van der Waals surface area contributed by atoms with Crippen LogP contribution in [0.2, 0.25) is 0 Å². The van der Waals surface area contributed by atoms with Crippen molar-refractivity contribution in [3.63, 3.8) is 0 Å². The molecule has 0 aliphatic rings. The van der Waals surface area contributed by atoms with Crippen molar-refractivity contribution in [2.24, 2.45) is 16.8 Å². The van der Waals surface area contributed by atoms with Crippen LogP contribution in [-0.2, 0) is 9.47 Å². The Morgan fingerprint density at radius 3 is 2.35 bits per heavy atom. The molecule has 0 saturated carbocycles. The number of hydrogen-bond donors (Lipinski definition) is 2. The van der Waals surface area contributed by atoms with E-state index in [4.69, 9.17) is 20.4 Å². The Balaban J connectivity index is 3.95. The average molecular weight is 258 g/mol. The van der Waals surface area contributed by atoms with Crippen LogP contribution in [0.25, 0.3) is 0 Å². The number of hydrogen-bond acceptors (Lipinski definition) is 4. The van der Waals surface area contributed by atoms with Gasteiger partial charge in [0.2, 0.25) is 0 Å². The number of nitrogens with zero attached hydrogens (tertiary/aromatic N) is 1. The Kier molecular flexibility index (Phi) is 7.64. The number of nitrogens with two attached hydrogens (primary N) is 1. The van der Waals surface area contributed by atoms with Gasteiger partial charge in [-0.2, -0.15) is 13.2 Å². The number of rotatable bonds is 8. The minimum Gasteiger partial charge on any atom is -0.409 e. The lowest BCUT2D eigenvalue weighted by molar-refractivity contribution is -0.169. The summed E-state index contributed by atoms with van der Waals surface area (Å²) in [6.07, 6.45) is -3.77. The second kappa shape index (κ2) is 8.13. The maximum Gasteiger partial charge on any atom is 0.401 e. The predicted molar refractivity (Wildman–Crippen MR) is 54.9 cm³/mol. The second-order valence-corrected chi connectivity index (χ2v) is 3.31. The van der Waals surface area contributed by atoms with E-state index in [1.807, 2.05) is 6.92 Å². The molecule has 0 radical (unpaired) electrons. The van der Waals surface area contributed by atoms with E-state index < -0.39 is 24.5 Å². The summed E-state index contributed by atoms with van der Waals surface area (Å²) in [6.45, 7) is 2.01. The number of amidine groups is 1. The van der Waals surface area contributed by atoms with E-state index in [1.165, 1.54) is 0 Å². The highest BCUT2D eigenvalue weighted by Crippen LogP contribution is 2.26. The van der Waals surface area contributed by atoms with Crippen molar-refractivity contribution in [2.45, 2.75) is 19.5 Å². The Hall–Kier alpha value is -1.02. The van der Waals surface area contributed by atoms with Crippen molar-refractivity contribution in [2.75, 3.05) is 26.4 Å². The fourth-order valence-corrected chi connectivity index (χ4v) is 0.983. The monoisotopic (exact) mass is 258 g/mol. The second-order valence-electron chi connectivity index (χ2n) is 3.31. The molecule has 0 saturated heterocycles. The third-order valence-electron chi connectivity index (χ3n) is 1.87. The molecule has 1 unspecified atom stereocenters. The molecule has 0 aromatic carbocycles. The average Bonchev–Trinajstić information content (AvgIpc) is 2.25. The molecular weight excluding hydrogens is 241 g/mol. The maximum absolute atomic E-state index is 12.4. The van der Waals surface area contributed by atoms with Crippen molar-refractivity contribution in [3.05, 3.63) is 0 Å². The highest BCUT2D eigenvalue weighted by Gasteiger charge is 2.43. The summed E-state index contributed by atoms with van der Waals surface area (Å²) in [5.74, 6) is -3.01. The first-order chi connectivity index (χ1) is 7.93. The van der Waals surface area contributed by atoms with E-state index in [9.17, 15) is 13.2 Å². The van der Waals surface area contributed by atoms with Crippen molar-refractivity contribution >= 4 is 5.84 Å². The molecule has 17 heavy (non-hydrogen) atoms. The Labute approximate surface area is 97.4 Å². The molecule has 3 N–H and O–H groups in total. The number of oxime groups is 1. The molecule has 0 aromatic rings. The van der Waals surface area contributed by atoms with Gasteiger partial charge in [0.1, 0.15) is 5.92 Å². The zero-order chi connectivity index (χ0) is 13.3. The Bertz CT molecular complexity index is 234. The van der Waals surface area contributed by atoms with E-state index in [1.54, 1.807) is 0 Å². The van der Waals surface area contributed by atoms with E-state index >= 15 is 0 Å². The third-order valence-corrected chi connectivity index (χ3v) is 1.87. The van der Waals surface area contributed by atoms with E-state index in [0.29, 0.717) is 6.61 Å². The molecule has 0 bridgehead atoms. The van der Waals surface area contributed by atoms with Crippen LogP contribution < -0.4 is 5.73 Å². The van der Waals surface area contributed by atoms with Crippen molar-refractivity contribution < 1.29 is 27.9 Å². The lowest BCUT2D eigenvalue weighted by Crippen LogP contribution is -2.39. The van der Waals surface area contributed by atoms with Crippen LogP contribution in [0.4, 0.5) is 13.2 Å². The summed E-state index contributed by atoms with van der Waals surface area (Å²) in [4.78, 5) is 0. The summed E-state index contributed by atoms with van der Waals surface area (Å²) >= 11 is 0. The minimum absolute atomic E-state index is 0.0330. The van der Waals surface area contributed by atoms with Crippen LogP contribution in [0.1, 0.15) is 13.3 Å². The summed E-state index contributed by atoms with van der Waals surface area (Å²) in [6, 6.07) is 0. The van der Waals surface area contributed by atoms with Gasteiger partial charge >= 0.3 is 6.18 Å². The fraction of sp³-hybridized carbons (Fsp3) is 0.889. The van der Waals surface area contributed by atoms with Gasteiger partial charge in [-0.25, -0.2) is 0 Å². The molecule has 1 atom stereocenters. The summed E-state index contributed by atoms with van der Waals surface area (Å²) in [5.41, 5.74) is 4.93. The smallest absolute Gasteiger partial charge is 0.401 e. The topological polar surface area (TPSA) is 77.1 Å². The van der Waals surface area contributed by atoms with Gasteiger partial charge in [0.05, 0.1) is 19.8 Å². The largest absolute Gasteiger partial charge is 0.409 e. The van der Waals surface area contributed by atoms with Crippen LogP contribution >= 0.6 is 0 Å². The maximum atomic E-state index is 12.4. The SMILES string of the molecule is CCCOCCOCC(C(N)=NO)C(F)(F)F. The molecule has 8 heteroatoms. The lowest BCUT2D eigenvalue weighted by Gasteiger charge is -2.18. The molecule has 0 heterocycles. The summed E-state index contributed by atoms with van der Waals surface area (Å²) in [5, 5.41) is 10.6. The van der Waals surface area contributed by atoms with Crippen LogP contribution in [0, 0.1) is 5.92 Å². The number of alkyl halides is 3. The van der Waals surface area contributed by atoms with Crippen LogP contribution in [0.3, 0.4) is 0 Å². The zero-order valence-electron chi connectivity index (χ0n) is 9.54. The molecule has 0 rings (SSSR count). The van der Waals surface area contributed by atoms with Crippen LogP contribution in [0.5, 0.6) is 0 Å². The Morgan fingerprint density at radius 1 is 1.29 bits per heavy atom. The predicted octanol–water partition coefficient (Wildman–Crippen LogP) is 1.35. The Morgan fingerprint density at radius 2 is 1.88 bits per heavy atom. The zero-order valence-corrected chi connectivity index (χ0v) is 9.54. The van der Waals surface area contributed by atoms with Gasteiger partial charge in [0, 0.05) is 6.61 Å². The molecule has 0 fully saturated rings. The molecule has 0 aliphatic carbocycles. The van der Waals surface area contributed by atoms with Gasteiger partial charge in [-0.1, -0.05) is 12.1 Å². The molecule has 0 amide bonds. The highest BCUT2D eigenvalue weighted by molar-refractivity contribution is 5.83. The number of halogens is 3. The van der Waals surface area contributed by atoms with Gasteiger partial charge < -0.3 is 20.4 Å². The summed E-state index contributed by atoms with van der Waals surface area (Å²) < 4.78 is 47.0.